The highest BCUT2D eigenvalue weighted by atomic mass is 35.5. The van der Waals surface area contributed by atoms with Crippen LogP contribution in [0, 0.1) is 11.7 Å². The van der Waals surface area contributed by atoms with Crippen LogP contribution in [0.1, 0.15) is 26.5 Å². The first-order valence-electron chi connectivity index (χ1n) is 7.94. The van der Waals surface area contributed by atoms with E-state index in [0.29, 0.717) is 17.7 Å². The van der Waals surface area contributed by atoms with Gasteiger partial charge >= 0.3 is 0 Å². The molecule has 1 aromatic heterocycles. The molecule has 0 fully saturated rings. The van der Waals surface area contributed by atoms with Gasteiger partial charge < -0.3 is 10.2 Å². The molecule has 1 unspecified atom stereocenters. The minimum absolute atomic E-state index is 0.0244. The Morgan fingerprint density at radius 1 is 1.32 bits per heavy atom. The lowest BCUT2D eigenvalue weighted by molar-refractivity contribution is -0.120. The maximum absolute atomic E-state index is 13.8. The fraction of sp³-hybridized carbons (Fsp3) is 0.333. The summed E-state index contributed by atoms with van der Waals surface area (Å²) in [5.74, 6) is -1.02. The van der Waals surface area contributed by atoms with Crippen LogP contribution in [0.4, 0.5) is 10.1 Å². The second-order valence-corrected chi connectivity index (χ2v) is 7.88. The fourth-order valence-corrected chi connectivity index (χ4v) is 4.29. The zero-order valence-electron chi connectivity index (χ0n) is 13.9. The lowest BCUT2D eigenvalue weighted by Crippen LogP contribution is -2.27. The highest BCUT2D eigenvalue weighted by molar-refractivity contribution is 7.14. The maximum Gasteiger partial charge on any atom is 0.263 e. The number of nitrogens with one attached hydrogen (secondary N) is 1. The Hall–Kier alpha value is -1.92. The van der Waals surface area contributed by atoms with Gasteiger partial charge in [-0.05, 0) is 49.1 Å². The fourth-order valence-electron chi connectivity index (χ4n) is 2.90. The van der Waals surface area contributed by atoms with E-state index in [-0.39, 0.29) is 28.4 Å². The van der Waals surface area contributed by atoms with Crippen LogP contribution in [0.25, 0.3) is 0 Å². The number of carbonyl (C=O) groups excluding carboxylic acids is 2. The molecule has 1 aliphatic rings. The van der Waals surface area contributed by atoms with Crippen molar-refractivity contribution in [1.82, 2.24) is 4.90 Å². The van der Waals surface area contributed by atoms with Crippen LogP contribution in [0.2, 0.25) is 5.02 Å². The Labute approximate surface area is 154 Å². The van der Waals surface area contributed by atoms with Gasteiger partial charge in [0.2, 0.25) is 5.91 Å². The maximum atomic E-state index is 13.8. The van der Waals surface area contributed by atoms with E-state index in [1.165, 1.54) is 29.5 Å². The third kappa shape index (κ3) is 3.85. The number of halogens is 2. The van der Waals surface area contributed by atoms with E-state index in [2.05, 4.69) is 5.32 Å². The standard InChI is InChI=1S/C18H18ClFN2O2S/c1-22(2)18(24)16-8-11-7-10(3-6-15(11)25-16)17(23)21-14-5-4-12(19)9-13(14)20/h4-5,8-10H,3,6-7H2,1-2H3,(H,21,23). The number of rotatable bonds is 3. The van der Waals surface area contributed by atoms with Crippen LogP contribution in [0.15, 0.2) is 24.3 Å². The van der Waals surface area contributed by atoms with E-state index >= 15 is 0 Å². The van der Waals surface area contributed by atoms with E-state index in [0.717, 1.165) is 16.9 Å². The number of hydrogen-bond acceptors (Lipinski definition) is 3. The molecule has 0 saturated carbocycles. The molecule has 1 atom stereocenters. The van der Waals surface area contributed by atoms with Gasteiger partial charge in [0, 0.05) is 29.9 Å². The smallest absolute Gasteiger partial charge is 0.263 e. The predicted molar refractivity (Wildman–Crippen MR) is 97.9 cm³/mol. The number of anilines is 1. The Balaban J connectivity index is 1.71. The number of benzene rings is 1. The normalized spacial score (nSPS) is 16.2. The minimum atomic E-state index is -0.549. The van der Waals surface area contributed by atoms with Crippen molar-refractivity contribution in [2.24, 2.45) is 5.92 Å². The first-order valence-corrected chi connectivity index (χ1v) is 9.13. The van der Waals surface area contributed by atoms with Gasteiger partial charge in [-0.1, -0.05) is 11.6 Å². The molecule has 1 aromatic carbocycles. The zero-order chi connectivity index (χ0) is 18.1. The average Bonchev–Trinajstić information content (AvgIpc) is 2.99. The monoisotopic (exact) mass is 380 g/mol. The largest absolute Gasteiger partial charge is 0.344 e. The molecule has 0 aliphatic heterocycles. The van der Waals surface area contributed by atoms with Crippen molar-refractivity contribution >= 4 is 40.4 Å². The molecule has 2 aromatic rings. The second kappa shape index (κ2) is 7.14. The lowest BCUT2D eigenvalue weighted by Gasteiger charge is -2.21. The number of carbonyl (C=O) groups is 2. The number of hydrogen-bond donors (Lipinski definition) is 1. The van der Waals surface area contributed by atoms with Crippen molar-refractivity contribution in [3.8, 4) is 0 Å². The first-order chi connectivity index (χ1) is 11.8. The van der Waals surface area contributed by atoms with Gasteiger partial charge in [-0.25, -0.2) is 4.39 Å². The van der Waals surface area contributed by atoms with Crippen LogP contribution in [0.5, 0.6) is 0 Å². The van der Waals surface area contributed by atoms with Crippen molar-refractivity contribution in [3.63, 3.8) is 0 Å². The average molecular weight is 381 g/mol. The first kappa shape index (κ1) is 17.9. The van der Waals surface area contributed by atoms with Gasteiger partial charge in [0.15, 0.2) is 0 Å². The predicted octanol–water partition coefficient (Wildman–Crippen LogP) is 3.99. The summed E-state index contributed by atoms with van der Waals surface area (Å²) in [5.41, 5.74) is 1.17. The molecule has 0 saturated heterocycles. The molecule has 7 heteroatoms. The number of fused-ring (bicyclic) bond motifs is 1. The number of nitrogens with zero attached hydrogens (tertiary/aromatic N) is 1. The van der Waals surface area contributed by atoms with E-state index < -0.39 is 5.82 Å². The highest BCUT2D eigenvalue weighted by Crippen LogP contribution is 2.33. The van der Waals surface area contributed by atoms with Crippen molar-refractivity contribution in [1.29, 1.82) is 0 Å². The highest BCUT2D eigenvalue weighted by Gasteiger charge is 2.28. The van der Waals surface area contributed by atoms with Crippen molar-refractivity contribution < 1.29 is 14.0 Å². The van der Waals surface area contributed by atoms with Gasteiger partial charge in [-0.3, -0.25) is 9.59 Å². The number of aryl methyl sites for hydroxylation is 1. The minimum Gasteiger partial charge on any atom is -0.344 e. The molecular weight excluding hydrogens is 363 g/mol. The van der Waals surface area contributed by atoms with Gasteiger partial charge in [0.05, 0.1) is 10.6 Å². The van der Waals surface area contributed by atoms with Crippen LogP contribution < -0.4 is 5.32 Å². The van der Waals surface area contributed by atoms with Gasteiger partial charge in [-0.2, -0.15) is 0 Å². The van der Waals surface area contributed by atoms with E-state index in [4.69, 9.17) is 11.6 Å². The summed E-state index contributed by atoms with van der Waals surface area (Å²) in [5, 5.41) is 2.93. The van der Waals surface area contributed by atoms with E-state index in [1.54, 1.807) is 19.0 Å². The third-order valence-electron chi connectivity index (χ3n) is 4.26. The summed E-state index contributed by atoms with van der Waals surface area (Å²) in [6.07, 6.45) is 2.00. The molecule has 3 rings (SSSR count). The molecule has 1 N–H and O–H groups in total. The van der Waals surface area contributed by atoms with E-state index in [1.807, 2.05) is 6.07 Å². The Kier molecular flexibility index (Phi) is 5.11. The van der Waals surface area contributed by atoms with Crippen LogP contribution in [-0.4, -0.2) is 30.8 Å². The van der Waals surface area contributed by atoms with E-state index in [9.17, 15) is 14.0 Å². The molecule has 25 heavy (non-hydrogen) atoms. The molecular formula is C18H18ClFN2O2S. The molecule has 4 nitrogen and oxygen atoms in total. The summed E-state index contributed by atoms with van der Waals surface area (Å²) in [7, 11) is 3.44. The second-order valence-electron chi connectivity index (χ2n) is 6.31. The van der Waals surface area contributed by atoms with Gasteiger partial charge in [-0.15, -0.1) is 11.3 Å². The Morgan fingerprint density at radius 2 is 2.08 bits per heavy atom. The zero-order valence-corrected chi connectivity index (χ0v) is 15.5. The Morgan fingerprint density at radius 3 is 2.76 bits per heavy atom. The topological polar surface area (TPSA) is 49.4 Å². The summed E-state index contributed by atoms with van der Waals surface area (Å²) in [6.45, 7) is 0. The summed E-state index contributed by atoms with van der Waals surface area (Å²) in [4.78, 5) is 28.0. The molecule has 0 radical (unpaired) electrons. The molecule has 2 amide bonds. The third-order valence-corrected chi connectivity index (χ3v) is 5.72. The Bertz CT molecular complexity index is 834. The van der Waals surface area contributed by atoms with Crippen LogP contribution in [-0.2, 0) is 17.6 Å². The molecule has 0 bridgehead atoms. The molecule has 1 aliphatic carbocycles. The van der Waals surface area contributed by atoms with Crippen molar-refractivity contribution in [2.75, 3.05) is 19.4 Å². The van der Waals surface area contributed by atoms with Crippen LogP contribution >= 0.6 is 22.9 Å². The summed E-state index contributed by atoms with van der Waals surface area (Å²) >= 11 is 7.22. The van der Waals surface area contributed by atoms with Crippen LogP contribution in [0.3, 0.4) is 0 Å². The van der Waals surface area contributed by atoms with Crippen molar-refractivity contribution in [2.45, 2.75) is 19.3 Å². The molecule has 1 heterocycles. The van der Waals surface area contributed by atoms with Gasteiger partial charge in [0.25, 0.3) is 5.91 Å². The lowest BCUT2D eigenvalue weighted by atomic mass is 9.87. The number of amides is 2. The molecule has 132 valence electrons. The quantitative estimate of drug-likeness (QED) is 0.875. The summed E-state index contributed by atoms with van der Waals surface area (Å²) in [6, 6.07) is 6.05. The number of thiophene rings is 1. The van der Waals surface area contributed by atoms with Gasteiger partial charge in [0.1, 0.15) is 5.82 Å². The molecule has 0 spiro atoms. The summed E-state index contributed by atoms with van der Waals surface area (Å²) < 4.78 is 13.8. The SMILES string of the molecule is CN(C)C(=O)c1cc2c(s1)CCC(C(=O)Nc1ccc(Cl)cc1F)C2. The van der Waals surface area contributed by atoms with Crippen molar-refractivity contribution in [3.05, 3.63) is 50.4 Å².